The molecule has 206 valence electrons. The molecule has 8 heteroatoms. The summed E-state index contributed by atoms with van der Waals surface area (Å²) in [6.07, 6.45) is 1.88. The van der Waals surface area contributed by atoms with Gasteiger partial charge in [0.2, 0.25) is 15.9 Å². The molecular weight excluding hydrogens is 514 g/mol. The minimum atomic E-state index is -3.68. The molecule has 2 aliphatic rings. The number of carbonyl (C=O) groups is 1. The molecule has 5 rings (SSSR count). The molecule has 1 fully saturated rings. The second-order valence-electron chi connectivity index (χ2n) is 10.5. The van der Waals surface area contributed by atoms with Crippen molar-refractivity contribution in [2.45, 2.75) is 51.9 Å². The molecule has 0 radical (unpaired) electrons. The maximum atomic E-state index is 12.0. The topological polar surface area (TPSA) is 102 Å². The molecule has 0 aromatic heterocycles. The van der Waals surface area contributed by atoms with E-state index in [-0.39, 0.29) is 23.8 Å². The van der Waals surface area contributed by atoms with Gasteiger partial charge in [-0.3, -0.25) is 9.52 Å². The van der Waals surface area contributed by atoms with E-state index in [1.165, 1.54) is 22.3 Å². The maximum Gasteiger partial charge on any atom is 0.235 e. The molecular formula is C31H35NO6S. The lowest BCUT2D eigenvalue weighted by molar-refractivity contribution is -0.119. The highest BCUT2D eigenvalue weighted by Gasteiger charge is 2.33. The van der Waals surface area contributed by atoms with Crippen molar-refractivity contribution in [3.63, 3.8) is 0 Å². The number of amides is 1. The van der Waals surface area contributed by atoms with Crippen LogP contribution in [0.25, 0.3) is 11.1 Å². The van der Waals surface area contributed by atoms with Crippen molar-refractivity contribution in [1.29, 1.82) is 0 Å². The zero-order chi connectivity index (χ0) is 27.7. The van der Waals surface area contributed by atoms with E-state index in [0.717, 1.165) is 35.3 Å². The number of ether oxygens (including phenoxy) is 2. The molecule has 2 atom stereocenters. The molecule has 7 nitrogen and oxygen atoms in total. The molecule has 3 aromatic carbocycles. The van der Waals surface area contributed by atoms with E-state index < -0.39 is 21.8 Å². The number of hydrogen-bond acceptors (Lipinski definition) is 6. The van der Waals surface area contributed by atoms with E-state index in [9.17, 15) is 18.3 Å². The van der Waals surface area contributed by atoms with Crippen molar-refractivity contribution in [3.8, 4) is 22.6 Å². The number of aromatic hydroxyl groups is 1. The molecule has 1 heterocycles. The largest absolute Gasteiger partial charge is 0.508 e. The fraction of sp³-hybridized carbons (Fsp3) is 0.387. The molecule has 1 unspecified atom stereocenters. The standard InChI is InChI=1S/C31H35NO6S/c1-4-37-12-13-38-23-14-19(2)31(20(3)15-23)28-7-5-6-26-24(10-11-27(26)28)21-8-9-25(29(33)16-21)22-17-30(34)32-39(35,36)18-22/h5-9,14-16,22,24,33H,4,10-13,17-18H2,1-3H3,(H,32,34)/t22?,24-/m1/s1. The smallest absolute Gasteiger partial charge is 0.235 e. The normalized spacial score (nSPS) is 19.9. The second-order valence-corrected chi connectivity index (χ2v) is 12.2. The van der Waals surface area contributed by atoms with Crippen LogP contribution >= 0.6 is 0 Å². The van der Waals surface area contributed by atoms with E-state index in [2.05, 4.69) is 44.2 Å². The van der Waals surface area contributed by atoms with Crippen molar-refractivity contribution in [1.82, 2.24) is 4.72 Å². The van der Waals surface area contributed by atoms with Gasteiger partial charge in [-0.1, -0.05) is 30.3 Å². The first-order valence-corrected chi connectivity index (χ1v) is 15.1. The lowest BCUT2D eigenvalue weighted by Crippen LogP contribution is -2.40. The number of fused-ring (bicyclic) bond motifs is 1. The highest BCUT2D eigenvalue weighted by Crippen LogP contribution is 2.45. The Balaban J connectivity index is 1.42. The molecule has 0 bridgehead atoms. The van der Waals surface area contributed by atoms with Crippen LogP contribution in [0.1, 0.15) is 65.0 Å². The van der Waals surface area contributed by atoms with Crippen LogP contribution in [-0.4, -0.2) is 45.0 Å². The van der Waals surface area contributed by atoms with Gasteiger partial charge >= 0.3 is 0 Å². The van der Waals surface area contributed by atoms with E-state index in [1.54, 1.807) is 12.1 Å². The highest BCUT2D eigenvalue weighted by atomic mass is 32.2. The summed E-state index contributed by atoms with van der Waals surface area (Å²) in [5, 5.41) is 10.9. The number of sulfonamides is 1. The van der Waals surface area contributed by atoms with Crippen LogP contribution in [0.15, 0.2) is 48.5 Å². The van der Waals surface area contributed by atoms with E-state index >= 15 is 0 Å². The molecule has 39 heavy (non-hydrogen) atoms. The Bertz CT molecular complexity index is 1490. The van der Waals surface area contributed by atoms with Crippen LogP contribution in [0, 0.1) is 13.8 Å². The minimum Gasteiger partial charge on any atom is -0.508 e. The third-order valence-corrected chi connectivity index (χ3v) is 9.15. The van der Waals surface area contributed by atoms with Gasteiger partial charge < -0.3 is 14.6 Å². The second kappa shape index (κ2) is 11.0. The number of aryl methyl sites for hydroxylation is 2. The van der Waals surface area contributed by atoms with E-state index in [4.69, 9.17) is 9.47 Å². The van der Waals surface area contributed by atoms with Gasteiger partial charge in [-0.15, -0.1) is 0 Å². The zero-order valence-electron chi connectivity index (χ0n) is 22.6. The molecule has 0 spiro atoms. The van der Waals surface area contributed by atoms with Gasteiger partial charge in [0.25, 0.3) is 0 Å². The van der Waals surface area contributed by atoms with Gasteiger partial charge in [0.15, 0.2) is 0 Å². The lowest BCUT2D eigenvalue weighted by Gasteiger charge is -2.24. The third-order valence-electron chi connectivity index (χ3n) is 7.77. The fourth-order valence-corrected chi connectivity index (χ4v) is 7.50. The fourth-order valence-electron chi connectivity index (χ4n) is 6.16. The lowest BCUT2D eigenvalue weighted by atomic mass is 9.87. The van der Waals surface area contributed by atoms with Gasteiger partial charge in [-0.25, -0.2) is 8.42 Å². The summed E-state index contributed by atoms with van der Waals surface area (Å²) in [5.74, 6) is -0.299. The van der Waals surface area contributed by atoms with E-state index in [0.29, 0.717) is 25.4 Å². The van der Waals surface area contributed by atoms with Crippen molar-refractivity contribution in [3.05, 3.63) is 81.9 Å². The molecule has 1 aliphatic carbocycles. The van der Waals surface area contributed by atoms with Crippen molar-refractivity contribution >= 4 is 15.9 Å². The number of phenolic OH excluding ortho intramolecular Hbond substituents is 1. The van der Waals surface area contributed by atoms with E-state index in [1.807, 2.05) is 17.7 Å². The SMILES string of the molecule is CCOCCOc1cc(C)c(-c2cccc3c2CC[C@@H]3c2ccc(C3CC(=O)NS(=O)(=O)C3)c(O)c2)c(C)c1. The quantitative estimate of drug-likeness (QED) is 0.379. The van der Waals surface area contributed by atoms with Crippen molar-refractivity contribution in [2.24, 2.45) is 0 Å². The summed E-state index contributed by atoms with van der Waals surface area (Å²) in [6, 6.07) is 16.1. The third kappa shape index (κ3) is 5.68. The van der Waals surface area contributed by atoms with Gasteiger partial charge in [0, 0.05) is 24.9 Å². The molecule has 1 saturated heterocycles. The number of hydrogen-bond donors (Lipinski definition) is 2. The summed E-state index contributed by atoms with van der Waals surface area (Å²) in [7, 11) is -3.68. The van der Waals surface area contributed by atoms with Gasteiger partial charge in [0.1, 0.15) is 18.1 Å². The Labute approximate surface area is 230 Å². The van der Waals surface area contributed by atoms with Crippen LogP contribution in [0.4, 0.5) is 0 Å². The summed E-state index contributed by atoms with van der Waals surface area (Å²) in [6.45, 7) is 7.96. The van der Waals surface area contributed by atoms with Crippen LogP contribution in [0.2, 0.25) is 0 Å². The first kappa shape index (κ1) is 27.2. The molecule has 3 aromatic rings. The Hall–Kier alpha value is -3.36. The molecule has 1 aliphatic heterocycles. The van der Waals surface area contributed by atoms with Gasteiger partial charge in [0.05, 0.1) is 12.4 Å². The monoisotopic (exact) mass is 549 g/mol. The molecule has 0 saturated carbocycles. The average Bonchev–Trinajstić information content (AvgIpc) is 3.30. The predicted molar refractivity (Wildman–Crippen MR) is 151 cm³/mol. The summed E-state index contributed by atoms with van der Waals surface area (Å²) >= 11 is 0. The first-order valence-electron chi connectivity index (χ1n) is 13.5. The van der Waals surface area contributed by atoms with Crippen LogP contribution < -0.4 is 9.46 Å². The summed E-state index contributed by atoms with van der Waals surface area (Å²) in [5.41, 5.74) is 8.82. The number of rotatable bonds is 8. The van der Waals surface area contributed by atoms with Crippen molar-refractivity contribution < 1.29 is 27.8 Å². The number of benzene rings is 3. The van der Waals surface area contributed by atoms with Gasteiger partial charge in [-0.2, -0.15) is 0 Å². The number of carbonyl (C=O) groups excluding carboxylic acids is 1. The summed E-state index contributed by atoms with van der Waals surface area (Å²) < 4.78 is 37.4. The first-order chi connectivity index (χ1) is 18.7. The Morgan fingerprint density at radius 1 is 1.03 bits per heavy atom. The highest BCUT2D eigenvalue weighted by molar-refractivity contribution is 7.90. The number of phenols is 1. The maximum absolute atomic E-state index is 12.0. The van der Waals surface area contributed by atoms with Crippen LogP contribution in [0.5, 0.6) is 11.5 Å². The average molecular weight is 550 g/mol. The molecule has 2 N–H and O–H groups in total. The Morgan fingerprint density at radius 2 is 1.79 bits per heavy atom. The zero-order valence-corrected chi connectivity index (χ0v) is 23.4. The minimum absolute atomic E-state index is 0.0385. The van der Waals surface area contributed by atoms with Gasteiger partial charge in [-0.05, 0) is 96.3 Å². The molecule has 1 amide bonds. The predicted octanol–water partition coefficient (Wildman–Crippen LogP) is 5.10. The van der Waals surface area contributed by atoms with Crippen LogP contribution in [0.3, 0.4) is 0 Å². The Kier molecular flexibility index (Phi) is 7.69. The van der Waals surface area contributed by atoms with Crippen LogP contribution in [-0.2, 0) is 26.0 Å². The summed E-state index contributed by atoms with van der Waals surface area (Å²) in [4.78, 5) is 11.9. The van der Waals surface area contributed by atoms with Crippen molar-refractivity contribution in [2.75, 3.05) is 25.6 Å². The number of nitrogens with one attached hydrogen (secondary N) is 1. The Morgan fingerprint density at radius 3 is 2.49 bits per heavy atom.